The van der Waals surface area contributed by atoms with Crippen LogP contribution in [0, 0.1) is 5.92 Å². The van der Waals surface area contributed by atoms with E-state index in [1.165, 1.54) is 5.56 Å². The summed E-state index contributed by atoms with van der Waals surface area (Å²) in [6.07, 6.45) is 6.42. The highest BCUT2D eigenvalue weighted by molar-refractivity contribution is 6.09. The van der Waals surface area contributed by atoms with Crippen molar-refractivity contribution in [3.8, 4) is 0 Å². The van der Waals surface area contributed by atoms with Crippen LogP contribution in [0.4, 0.5) is 0 Å². The van der Waals surface area contributed by atoms with Crippen LogP contribution >= 0.6 is 0 Å². The van der Waals surface area contributed by atoms with Crippen molar-refractivity contribution < 1.29 is 9.59 Å². The number of fused-ring (bicyclic) bond motifs is 4. The summed E-state index contributed by atoms with van der Waals surface area (Å²) in [5.41, 5.74) is 7.65. The maximum Gasteiger partial charge on any atom is 0.253 e. The lowest BCUT2D eigenvalue weighted by atomic mass is 9.68. The third-order valence-electron chi connectivity index (χ3n) is 7.67. The Morgan fingerprint density at radius 1 is 1.12 bits per heavy atom. The summed E-state index contributed by atoms with van der Waals surface area (Å²) < 4.78 is 0. The first kappa shape index (κ1) is 20.7. The molecule has 5 rings (SSSR count). The number of hydrogen-bond donors (Lipinski definition) is 0. The van der Waals surface area contributed by atoms with Crippen molar-refractivity contribution in [2.75, 3.05) is 6.54 Å². The van der Waals surface area contributed by atoms with Gasteiger partial charge in [0.2, 0.25) is 0 Å². The Kier molecular flexibility index (Phi) is 4.81. The molecule has 0 saturated carbocycles. The topological polar surface area (TPSA) is 37.4 Å². The third kappa shape index (κ3) is 3.02. The summed E-state index contributed by atoms with van der Waals surface area (Å²) in [6, 6.07) is 14.3. The van der Waals surface area contributed by atoms with Crippen molar-refractivity contribution in [3.63, 3.8) is 0 Å². The second kappa shape index (κ2) is 7.44. The number of benzene rings is 2. The van der Waals surface area contributed by atoms with Crippen molar-refractivity contribution in [3.05, 3.63) is 94.2 Å². The van der Waals surface area contributed by atoms with Crippen molar-refractivity contribution in [2.45, 2.75) is 45.4 Å². The third-order valence-corrected chi connectivity index (χ3v) is 7.67. The summed E-state index contributed by atoms with van der Waals surface area (Å²) in [5, 5.41) is 0. The molecule has 1 saturated heterocycles. The van der Waals surface area contributed by atoms with E-state index in [1.807, 2.05) is 36.1 Å². The van der Waals surface area contributed by atoms with Crippen LogP contribution in [0.5, 0.6) is 0 Å². The van der Waals surface area contributed by atoms with Crippen molar-refractivity contribution in [2.24, 2.45) is 5.92 Å². The molecule has 0 bridgehead atoms. The molecule has 162 valence electrons. The van der Waals surface area contributed by atoms with E-state index in [1.54, 1.807) is 6.08 Å². The van der Waals surface area contributed by atoms with Gasteiger partial charge < -0.3 is 4.90 Å². The standard InChI is InChI=1S/C29H29NO2/c1-18(2)21-13-12-20-8-7-9-22(15-23(20)14-21)28(32)30-17-19(3)29(4)25-11-6-5-10-24(25)26(31)16-27(29)30/h5-6,10-16,19H,1,7-9,17H2,2-4H3/t19-,29-/m1/s1. The van der Waals surface area contributed by atoms with Gasteiger partial charge in [0, 0.05) is 34.9 Å². The molecular weight excluding hydrogens is 394 g/mol. The van der Waals surface area contributed by atoms with Gasteiger partial charge in [0.1, 0.15) is 0 Å². The highest BCUT2D eigenvalue weighted by Gasteiger charge is 2.51. The predicted molar refractivity (Wildman–Crippen MR) is 129 cm³/mol. The van der Waals surface area contributed by atoms with Crippen LogP contribution in [0.1, 0.15) is 66.2 Å². The summed E-state index contributed by atoms with van der Waals surface area (Å²) in [5.74, 6) is 0.250. The van der Waals surface area contributed by atoms with E-state index >= 15 is 0 Å². The van der Waals surface area contributed by atoms with Crippen LogP contribution < -0.4 is 0 Å². The number of likely N-dealkylation sites (tertiary alicyclic amines) is 1. The molecule has 3 heteroatoms. The van der Waals surface area contributed by atoms with Crippen LogP contribution in [0.25, 0.3) is 11.6 Å². The molecule has 1 aliphatic heterocycles. The number of ketones is 1. The quantitative estimate of drug-likeness (QED) is 0.598. The summed E-state index contributed by atoms with van der Waals surface area (Å²) >= 11 is 0. The van der Waals surface area contributed by atoms with Gasteiger partial charge in [-0.1, -0.05) is 55.5 Å². The van der Waals surface area contributed by atoms with Crippen LogP contribution in [-0.2, 0) is 16.6 Å². The molecule has 2 aromatic carbocycles. The molecule has 3 nitrogen and oxygen atoms in total. The molecule has 2 aromatic rings. The van der Waals surface area contributed by atoms with Crippen LogP contribution in [0.3, 0.4) is 0 Å². The number of carbonyl (C=O) groups excluding carboxylic acids is 2. The highest BCUT2D eigenvalue weighted by Crippen LogP contribution is 2.50. The Labute approximate surface area is 190 Å². The summed E-state index contributed by atoms with van der Waals surface area (Å²) in [4.78, 5) is 28.6. The van der Waals surface area contributed by atoms with E-state index in [-0.39, 0.29) is 23.0 Å². The SMILES string of the molecule is C=C(C)c1ccc2c(c1)C=C(C(=O)N1C[C@@H](C)[C@@]3(C)C1=CC(=O)c1ccccc13)CCC2. The van der Waals surface area contributed by atoms with Crippen LogP contribution in [-0.4, -0.2) is 23.1 Å². The molecule has 32 heavy (non-hydrogen) atoms. The van der Waals surface area contributed by atoms with E-state index in [0.717, 1.165) is 58.4 Å². The molecule has 1 heterocycles. The van der Waals surface area contributed by atoms with Gasteiger partial charge in [-0.15, -0.1) is 0 Å². The Balaban J connectivity index is 1.55. The lowest BCUT2D eigenvalue weighted by molar-refractivity contribution is -0.125. The minimum atomic E-state index is -0.337. The fraction of sp³-hybridized carbons (Fsp3) is 0.310. The van der Waals surface area contributed by atoms with Crippen molar-refractivity contribution in [1.82, 2.24) is 4.90 Å². The van der Waals surface area contributed by atoms with E-state index in [2.05, 4.69) is 44.7 Å². The number of allylic oxidation sites excluding steroid dienone is 3. The first-order chi connectivity index (χ1) is 15.3. The molecular formula is C29H29NO2. The second-order valence-electron chi connectivity index (χ2n) is 9.68. The van der Waals surface area contributed by atoms with Gasteiger partial charge in [0.25, 0.3) is 5.91 Å². The minimum absolute atomic E-state index is 0.00809. The van der Waals surface area contributed by atoms with Gasteiger partial charge in [0.05, 0.1) is 0 Å². The number of amides is 1. The number of hydrogen-bond acceptors (Lipinski definition) is 2. The maximum absolute atomic E-state index is 13.8. The number of nitrogens with zero attached hydrogens (tertiary/aromatic N) is 1. The lowest BCUT2D eigenvalue weighted by Gasteiger charge is -2.36. The van der Waals surface area contributed by atoms with Crippen LogP contribution in [0.15, 0.2) is 66.4 Å². The molecule has 3 aliphatic rings. The van der Waals surface area contributed by atoms with Gasteiger partial charge in [-0.05, 0) is 73.4 Å². The molecule has 0 radical (unpaired) electrons. The Morgan fingerprint density at radius 3 is 2.69 bits per heavy atom. The average Bonchev–Trinajstić information content (AvgIpc) is 2.93. The number of rotatable bonds is 2. The van der Waals surface area contributed by atoms with E-state index in [4.69, 9.17) is 0 Å². The zero-order chi connectivity index (χ0) is 22.6. The Morgan fingerprint density at radius 2 is 1.91 bits per heavy atom. The largest absolute Gasteiger partial charge is 0.311 e. The molecule has 2 aliphatic carbocycles. The first-order valence-electron chi connectivity index (χ1n) is 11.5. The smallest absolute Gasteiger partial charge is 0.253 e. The van der Waals surface area contributed by atoms with E-state index in [0.29, 0.717) is 6.54 Å². The van der Waals surface area contributed by atoms with Gasteiger partial charge >= 0.3 is 0 Å². The zero-order valence-electron chi connectivity index (χ0n) is 19.1. The Hall–Kier alpha value is -3.20. The maximum atomic E-state index is 13.8. The van der Waals surface area contributed by atoms with Gasteiger partial charge in [0.15, 0.2) is 5.78 Å². The van der Waals surface area contributed by atoms with Crippen molar-refractivity contribution in [1.29, 1.82) is 0 Å². The predicted octanol–water partition coefficient (Wildman–Crippen LogP) is 5.96. The number of carbonyl (C=O) groups is 2. The normalized spacial score (nSPS) is 24.0. The monoisotopic (exact) mass is 423 g/mol. The zero-order valence-corrected chi connectivity index (χ0v) is 19.1. The summed E-state index contributed by atoms with van der Waals surface area (Å²) in [7, 11) is 0. The van der Waals surface area contributed by atoms with Gasteiger partial charge in [-0.3, -0.25) is 9.59 Å². The second-order valence-corrected chi connectivity index (χ2v) is 9.68. The number of aryl methyl sites for hydroxylation is 1. The molecule has 2 atom stereocenters. The van der Waals surface area contributed by atoms with Gasteiger partial charge in [-0.25, -0.2) is 0 Å². The van der Waals surface area contributed by atoms with Crippen molar-refractivity contribution >= 4 is 23.3 Å². The van der Waals surface area contributed by atoms with E-state index in [9.17, 15) is 9.59 Å². The van der Waals surface area contributed by atoms with Gasteiger partial charge in [-0.2, -0.15) is 0 Å². The lowest BCUT2D eigenvalue weighted by Crippen LogP contribution is -2.36. The fourth-order valence-electron chi connectivity index (χ4n) is 5.56. The molecule has 0 unspecified atom stereocenters. The minimum Gasteiger partial charge on any atom is -0.311 e. The van der Waals surface area contributed by atoms with Crippen LogP contribution in [0.2, 0.25) is 0 Å². The Bertz CT molecular complexity index is 1230. The highest BCUT2D eigenvalue weighted by atomic mass is 16.2. The molecule has 1 amide bonds. The molecule has 0 aromatic heterocycles. The van der Waals surface area contributed by atoms with E-state index < -0.39 is 0 Å². The summed E-state index contributed by atoms with van der Waals surface area (Å²) in [6.45, 7) is 11.1. The first-order valence-corrected chi connectivity index (χ1v) is 11.5. The molecule has 0 spiro atoms. The fourth-order valence-corrected chi connectivity index (χ4v) is 5.56. The molecule has 1 fully saturated rings. The molecule has 0 N–H and O–H groups in total. The average molecular weight is 424 g/mol.